The van der Waals surface area contributed by atoms with Gasteiger partial charge in [-0.05, 0) is 45.0 Å². The normalized spacial score (nSPS) is 11.2. The highest BCUT2D eigenvalue weighted by molar-refractivity contribution is 6.00. The molecule has 0 bridgehead atoms. The predicted octanol–water partition coefficient (Wildman–Crippen LogP) is 4.55. The van der Waals surface area contributed by atoms with E-state index in [1.54, 1.807) is 19.4 Å². The second-order valence-corrected chi connectivity index (χ2v) is 7.01. The quantitative estimate of drug-likeness (QED) is 0.750. The van der Waals surface area contributed by atoms with E-state index in [4.69, 9.17) is 9.15 Å². The van der Waals surface area contributed by atoms with Gasteiger partial charge in [0.15, 0.2) is 5.76 Å². The van der Waals surface area contributed by atoms with E-state index in [1.165, 1.54) is 0 Å². The van der Waals surface area contributed by atoms with Crippen LogP contribution in [0.5, 0.6) is 5.75 Å². The van der Waals surface area contributed by atoms with Crippen LogP contribution in [0.15, 0.2) is 59.1 Å². The molecule has 0 aliphatic heterocycles. The molecular weight excluding hydrogens is 328 g/mol. The van der Waals surface area contributed by atoms with Crippen LogP contribution in [-0.4, -0.2) is 23.5 Å². The summed E-state index contributed by atoms with van der Waals surface area (Å²) in [5.41, 5.74) is 1.72. The Morgan fingerprint density at radius 1 is 1.12 bits per heavy atom. The molecule has 0 aliphatic rings. The number of nitrogens with zero attached hydrogens (tertiary/aromatic N) is 1. The third-order valence-electron chi connectivity index (χ3n) is 3.75. The zero-order chi connectivity index (χ0) is 18.7. The lowest BCUT2D eigenvalue weighted by molar-refractivity contribution is 0.0920. The molecule has 3 aromatic rings. The second kappa shape index (κ2) is 7.04. The molecule has 0 aliphatic carbocycles. The lowest BCUT2D eigenvalue weighted by atomic mass is 10.0. The standard InChI is InChI=1S/C21H22N2O3/c1-21(2,3)23-19(24)16-10-5-6-11-17(16)20-22-13-18(26-20)14-8-7-9-15(12-14)25-4/h5-13H,1-4H3,(H,23,24). The van der Waals surface area contributed by atoms with Crippen molar-refractivity contribution in [2.45, 2.75) is 26.3 Å². The monoisotopic (exact) mass is 350 g/mol. The van der Waals surface area contributed by atoms with Gasteiger partial charge in [-0.15, -0.1) is 0 Å². The van der Waals surface area contributed by atoms with E-state index in [2.05, 4.69) is 10.3 Å². The first-order valence-electron chi connectivity index (χ1n) is 8.39. The fraction of sp³-hybridized carbons (Fsp3) is 0.238. The molecule has 1 N–H and O–H groups in total. The largest absolute Gasteiger partial charge is 0.497 e. The minimum absolute atomic E-state index is 0.158. The summed E-state index contributed by atoms with van der Waals surface area (Å²) in [7, 11) is 1.62. The number of nitrogens with one attached hydrogen (secondary N) is 1. The Morgan fingerprint density at radius 3 is 2.62 bits per heavy atom. The van der Waals surface area contributed by atoms with E-state index >= 15 is 0 Å². The molecule has 0 saturated carbocycles. The molecule has 0 saturated heterocycles. The summed E-state index contributed by atoms with van der Waals surface area (Å²) in [6.07, 6.45) is 1.66. The van der Waals surface area contributed by atoms with Gasteiger partial charge in [0.05, 0.1) is 18.9 Å². The Labute approximate surface area is 153 Å². The van der Waals surface area contributed by atoms with E-state index in [1.807, 2.05) is 63.2 Å². The van der Waals surface area contributed by atoms with E-state index in [0.29, 0.717) is 22.8 Å². The van der Waals surface area contributed by atoms with Crippen molar-refractivity contribution in [2.24, 2.45) is 0 Å². The number of aromatic nitrogens is 1. The first-order chi connectivity index (χ1) is 12.4. The first kappa shape index (κ1) is 17.7. The highest BCUT2D eigenvalue weighted by atomic mass is 16.5. The smallest absolute Gasteiger partial charge is 0.252 e. The predicted molar refractivity (Wildman–Crippen MR) is 101 cm³/mol. The highest BCUT2D eigenvalue weighted by Gasteiger charge is 2.20. The minimum Gasteiger partial charge on any atom is -0.497 e. The van der Waals surface area contributed by atoms with Crippen LogP contribution in [0.1, 0.15) is 31.1 Å². The van der Waals surface area contributed by atoms with Crippen molar-refractivity contribution in [1.29, 1.82) is 0 Å². The zero-order valence-corrected chi connectivity index (χ0v) is 15.4. The number of benzene rings is 2. The van der Waals surface area contributed by atoms with Crippen molar-refractivity contribution < 1.29 is 13.9 Å². The molecule has 0 unspecified atom stereocenters. The van der Waals surface area contributed by atoms with Crippen molar-refractivity contribution in [3.8, 4) is 28.5 Å². The van der Waals surface area contributed by atoms with Crippen LogP contribution in [0.4, 0.5) is 0 Å². The number of rotatable bonds is 4. The Bertz CT molecular complexity index is 923. The molecule has 0 spiro atoms. The van der Waals surface area contributed by atoms with Gasteiger partial charge in [0, 0.05) is 16.7 Å². The summed E-state index contributed by atoms with van der Waals surface area (Å²) >= 11 is 0. The van der Waals surface area contributed by atoms with Gasteiger partial charge in [0.1, 0.15) is 5.75 Å². The molecular formula is C21H22N2O3. The van der Waals surface area contributed by atoms with Gasteiger partial charge in [-0.1, -0.05) is 24.3 Å². The van der Waals surface area contributed by atoms with E-state index in [0.717, 1.165) is 11.3 Å². The van der Waals surface area contributed by atoms with Crippen molar-refractivity contribution in [3.05, 3.63) is 60.3 Å². The molecule has 3 rings (SSSR count). The molecule has 0 fully saturated rings. The van der Waals surface area contributed by atoms with Gasteiger partial charge < -0.3 is 14.5 Å². The molecule has 1 heterocycles. The molecule has 1 amide bonds. The lowest BCUT2D eigenvalue weighted by Gasteiger charge is -2.21. The highest BCUT2D eigenvalue weighted by Crippen LogP contribution is 2.30. The number of ether oxygens (including phenoxy) is 1. The number of carbonyl (C=O) groups excluding carboxylic acids is 1. The fourth-order valence-electron chi connectivity index (χ4n) is 2.58. The number of carbonyl (C=O) groups is 1. The maximum absolute atomic E-state index is 12.6. The van der Waals surface area contributed by atoms with Gasteiger partial charge >= 0.3 is 0 Å². The summed E-state index contributed by atoms with van der Waals surface area (Å²) in [5, 5.41) is 2.97. The zero-order valence-electron chi connectivity index (χ0n) is 15.4. The van der Waals surface area contributed by atoms with Crippen LogP contribution < -0.4 is 10.1 Å². The topological polar surface area (TPSA) is 64.4 Å². The maximum atomic E-state index is 12.6. The maximum Gasteiger partial charge on any atom is 0.252 e. The summed E-state index contributed by atoms with van der Waals surface area (Å²) in [4.78, 5) is 17.0. The van der Waals surface area contributed by atoms with Gasteiger partial charge in [-0.3, -0.25) is 4.79 Å². The van der Waals surface area contributed by atoms with Gasteiger partial charge in [0.2, 0.25) is 5.89 Å². The average Bonchev–Trinajstić information content (AvgIpc) is 3.10. The molecule has 1 aromatic heterocycles. The number of hydrogen-bond donors (Lipinski definition) is 1. The van der Waals surface area contributed by atoms with E-state index in [9.17, 15) is 4.79 Å². The SMILES string of the molecule is COc1cccc(-c2cnc(-c3ccccc3C(=O)NC(C)(C)C)o2)c1. The summed E-state index contributed by atoms with van der Waals surface area (Å²) in [5.74, 6) is 1.60. The molecule has 5 heteroatoms. The summed E-state index contributed by atoms with van der Waals surface area (Å²) in [6.45, 7) is 5.83. The van der Waals surface area contributed by atoms with Crippen LogP contribution >= 0.6 is 0 Å². The van der Waals surface area contributed by atoms with Crippen LogP contribution in [0.25, 0.3) is 22.8 Å². The lowest BCUT2D eigenvalue weighted by Crippen LogP contribution is -2.40. The minimum atomic E-state index is -0.327. The summed E-state index contributed by atoms with van der Waals surface area (Å²) in [6, 6.07) is 14.8. The van der Waals surface area contributed by atoms with Gasteiger partial charge in [-0.2, -0.15) is 0 Å². The van der Waals surface area contributed by atoms with E-state index < -0.39 is 0 Å². The third-order valence-corrected chi connectivity index (χ3v) is 3.75. The van der Waals surface area contributed by atoms with Crippen molar-refractivity contribution in [1.82, 2.24) is 10.3 Å². The number of methoxy groups -OCH3 is 1. The van der Waals surface area contributed by atoms with Crippen LogP contribution in [0.2, 0.25) is 0 Å². The molecule has 5 nitrogen and oxygen atoms in total. The van der Waals surface area contributed by atoms with Gasteiger partial charge in [0.25, 0.3) is 5.91 Å². The molecule has 0 atom stereocenters. The summed E-state index contributed by atoms with van der Waals surface area (Å²) < 4.78 is 11.2. The third kappa shape index (κ3) is 3.94. The van der Waals surface area contributed by atoms with Crippen LogP contribution in [0.3, 0.4) is 0 Å². The average molecular weight is 350 g/mol. The molecule has 2 aromatic carbocycles. The Morgan fingerprint density at radius 2 is 1.88 bits per heavy atom. The number of amides is 1. The fourth-order valence-corrected chi connectivity index (χ4v) is 2.58. The Kier molecular flexibility index (Phi) is 4.80. The van der Waals surface area contributed by atoms with Crippen molar-refractivity contribution in [2.75, 3.05) is 7.11 Å². The Balaban J connectivity index is 1.96. The van der Waals surface area contributed by atoms with Gasteiger partial charge in [-0.25, -0.2) is 4.98 Å². The van der Waals surface area contributed by atoms with Crippen molar-refractivity contribution >= 4 is 5.91 Å². The van der Waals surface area contributed by atoms with Crippen LogP contribution in [0, 0.1) is 0 Å². The Hall–Kier alpha value is -3.08. The number of oxazole rings is 1. The second-order valence-electron chi connectivity index (χ2n) is 7.01. The number of hydrogen-bond acceptors (Lipinski definition) is 4. The van der Waals surface area contributed by atoms with E-state index in [-0.39, 0.29) is 11.4 Å². The molecule has 26 heavy (non-hydrogen) atoms. The molecule has 134 valence electrons. The van der Waals surface area contributed by atoms with Crippen molar-refractivity contribution in [3.63, 3.8) is 0 Å². The van der Waals surface area contributed by atoms with Crippen LogP contribution in [-0.2, 0) is 0 Å². The molecule has 0 radical (unpaired) electrons. The first-order valence-corrected chi connectivity index (χ1v) is 8.39.